The normalized spacial score (nSPS) is 25.9. The smallest absolute Gasteiger partial charge is 0.220 e. The topological polar surface area (TPSA) is 98.7 Å². The van der Waals surface area contributed by atoms with Crippen LogP contribution in [0, 0.1) is 5.92 Å². The molecule has 3 rings (SSSR count). The fourth-order valence-electron chi connectivity index (χ4n) is 3.37. The summed E-state index contributed by atoms with van der Waals surface area (Å²) < 4.78 is 22.9. The molecule has 1 amide bonds. The number of nitrogens with one attached hydrogen (secondary N) is 2. The van der Waals surface area contributed by atoms with Crippen molar-refractivity contribution >= 4 is 15.7 Å². The molecule has 0 bridgehead atoms. The van der Waals surface area contributed by atoms with Gasteiger partial charge in [0.05, 0.1) is 17.6 Å². The van der Waals surface area contributed by atoms with Crippen molar-refractivity contribution in [2.45, 2.75) is 25.6 Å². The second-order valence-corrected chi connectivity index (χ2v) is 9.51. The number of sulfone groups is 1. The van der Waals surface area contributed by atoms with E-state index in [2.05, 4.69) is 15.5 Å². The molecule has 26 heavy (non-hydrogen) atoms. The van der Waals surface area contributed by atoms with E-state index in [-0.39, 0.29) is 23.3 Å². The Morgan fingerprint density at radius 3 is 2.42 bits per heavy atom. The minimum absolute atomic E-state index is 0.00858. The summed E-state index contributed by atoms with van der Waals surface area (Å²) in [6.07, 6.45) is -0.103. The SMILES string of the molecule is O=C(C[C@@H]1CNC[C@H]1O)NCc1ccc(CN2CCS(=O)(=O)CC2)cc1. The summed E-state index contributed by atoms with van der Waals surface area (Å²) in [6.45, 7) is 3.62. The molecule has 1 aromatic rings. The van der Waals surface area contributed by atoms with Crippen LogP contribution in [0.3, 0.4) is 0 Å². The first-order valence-electron chi connectivity index (χ1n) is 9.07. The summed E-state index contributed by atoms with van der Waals surface area (Å²) in [6, 6.07) is 8.02. The molecule has 1 aromatic carbocycles. The summed E-state index contributed by atoms with van der Waals surface area (Å²) >= 11 is 0. The van der Waals surface area contributed by atoms with Gasteiger partial charge in [-0.05, 0) is 11.1 Å². The highest BCUT2D eigenvalue weighted by Crippen LogP contribution is 2.14. The van der Waals surface area contributed by atoms with Gasteiger partial charge in [-0.15, -0.1) is 0 Å². The highest BCUT2D eigenvalue weighted by molar-refractivity contribution is 7.91. The van der Waals surface area contributed by atoms with Gasteiger partial charge in [0.15, 0.2) is 9.84 Å². The van der Waals surface area contributed by atoms with Crippen molar-refractivity contribution in [1.82, 2.24) is 15.5 Å². The molecule has 0 aliphatic carbocycles. The van der Waals surface area contributed by atoms with E-state index >= 15 is 0 Å². The molecule has 0 saturated carbocycles. The van der Waals surface area contributed by atoms with Gasteiger partial charge in [-0.25, -0.2) is 8.42 Å². The maximum Gasteiger partial charge on any atom is 0.220 e. The Kier molecular flexibility index (Phi) is 6.29. The predicted molar refractivity (Wildman–Crippen MR) is 99.2 cm³/mol. The first-order chi connectivity index (χ1) is 12.4. The lowest BCUT2D eigenvalue weighted by atomic mass is 10.0. The molecule has 8 heteroatoms. The standard InChI is InChI=1S/C18H27N3O4S/c22-17-12-19-11-16(17)9-18(23)20-10-14-1-3-15(4-2-14)13-21-5-7-26(24,25)8-6-21/h1-4,16-17,19,22H,5-13H2,(H,20,23)/t16-,17-/m1/s1. The molecule has 2 saturated heterocycles. The van der Waals surface area contributed by atoms with E-state index in [0.29, 0.717) is 39.1 Å². The molecule has 2 atom stereocenters. The lowest BCUT2D eigenvalue weighted by molar-refractivity contribution is -0.122. The molecular weight excluding hydrogens is 354 g/mol. The molecule has 2 heterocycles. The fraction of sp³-hybridized carbons (Fsp3) is 0.611. The van der Waals surface area contributed by atoms with Gasteiger partial charge in [0.2, 0.25) is 5.91 Å². The molecule has 3 N–H and O–H groups in total. The number of hydrogen-bond donors (Lipinski definition) is 3. The van der Waals surface area contributed by atoms with Crippen molar-refractivity contribution in [2.24, 2.45) is 5.92 Å². The highest BCUT2D eigenvalue weighted by Gasteiger charge is 2.26. The van der Waals surface area contributed by atoms with Gasteiger partial charge in [-0.2, -0.15) is 0 Å². The van der Waals surface area contributed by atoms with E-state index in [1.165, 1.54) is 0 Å². The molecule has 0 unspecified atom stereocenters. The molecule has 7 nitrogen and oxygen atoms in total. The monoisotopic (exact) mass is 381 g/mol. The van der Waals surface area contributed by atoms with Gasteiger partial charge in [0, 0.05) is 51.6 Å². The van der Waals surface area contributed by atoms with Gasteiger partial charge >= 0.3 is 0 Å². The molecule has 0 aromatic heterocycles. The molecular formula is C18H27N3O4S. The minimum atomic E-state index is -2.84. The Labute approximate surface area is 154 Å². The zero-order chi connectivity index (χ0) is 18.6. The van der Waals surface area contributed by atoms with Crippen LogP contribution in [0.5, 0.6) is 0 Å². The number of aliphatic hydroxyl groups is 1. The summed E-state index contributed by atoms with van der Waals surface area (Å²) in [5, 5.41) is 15.7. The number of hydrogen-bond acceptors (Lipinski definition) is 6. The number of nitrogens with zero attached hydrogens (tertiary/aromatic N) is 1. The van der Waals surface area contributed by atoms with Crippen molar-refractivity contribution < 1.29 is 18.3 Å². The van der Waals surface area contributed by atoms with Crippen LogP contribution in [-0.4, -0.2) is 68.1 Å². The van der Waals surface area contributed by atoms with Crippen LogP contribution in [0.1, 0.15) is 17.5 Å². The van der Waals surface area contributed by atoms with Crippen molar-refractivity contribution in [3.63, 3.8) is 0 Å². The largest absolute Gasteiger partial charge is 0.391 e. The fourth-order valence-corrected chi connectivity index (χ4v) is 4.64. The molecule has 0 radical (unpaired) electrons. The second-order valence-electron chi connectivity index (χ2n) is 7.21. The zero-order valence-corrected chi connectivity index (χ0v) is 15.7. The molecule has 2 fully saturated rings. The van der Waals surface area contributed by atoms with Crippen LogP contribution in [0.4, 0.5) is 0 Å². The maximum absolute atomic E-state index is 12.0. The third-order valence-electron chi connectivity index (χ3n) is 5.11. The van der Waals surface area contributed by atoms with Crippen LogP contribution < -0.4 is 10.6 Å². The zero-order valence-electron chi connectivity index (χ0n) is 14.9. The second kappa shape index (κ2) is 8.47. The Hall–Kier alpha value is -1.48. The molecule has 2 aliphatic rings. The van der Waals surface area contributed by atoms with Gasteiger partial charge in [-0.3, -0.25) is 9.69 Å². The highest BCUT2D eigenvalue weighted by atomic mass is 32.2. The van der Waals surface area contributed by atoms with E-state index in [9.17, 15) is 18.3 Å². The number of carbonyl (C=O) groups excluding carboxylic acids is 1. The van der Waals surface area contributed by atoms with Crippen LogP contribution in [-0.2, 0) is 27.7 Å². The first kappa shape index (κ1) is 19.3. The number of aliphatic hydroxyl groups excluding tert-OH is 1. The number of carbonyl (C=O) groups is 1. The van der Waals surface area contributed by atoms with E-state index in [4.69, 9.17) is 0 Å². The minimum Gasteiger partial charge on any atom is -0.391 e. The number of β-amino-alcohol motifs (C(OH)–C–C–N with tert-alkyl or cyclic N) is 1. The first-order valence-corrected chi connectivity index (χ1v) is 10.9. The molecule has 2 aliphatic heterocycles. The number of benzene rings is 1. The third kappa shape index (κ3) is 5.51. The van der Waals surface area contributed by atoms with Crippen LogP contribution >= 0.6 is 0 Å². The predicted octanol–water partition coefficient (Wildman–Crippen LogP) is -0.496. The Morgan fingerprint density at radius 1 is 1.15 bits per heavy atom. The van der Waals surface area contributed by atoms with E-state index in [1.807, 2.05) is 24.3 Å². The van der Waals surface area contributed by atoms with E-state index in [0.717, 1.165) is 17.7 Å². The Balaban J connectivity index is 1.42. The van der Waals surface area contributed by atoms with Crippen molar-refractivity contribution in [3.05, 3.63) is 35.4 Å². The quantitative estimate of drug-likeness (QED) is 0.615. The van der Waals surface area contributed by atoms with Crippen LogP contribution in [0.25, 0.3) is 0 Å². The summed E-state index contributed by atoms with van der Waals surface area (Å²) in [4.78, 5) is 14.1. The van der Waals surface area contributed by atoms with Gasteiger partial charge in [-0.1, -0.05) is 24.3 Å². The van der Waals surface area contributed by atoms with E-state index < -0.39 is 15.9 Å². The van der Waals surface area contributed by atoms with Gasteiger partial charge < -0.3 is 15.7 Å². The van der Waals surface area contributed by atoms with Crippen molar-refractivity contribution in [2.75, 3.05) is 37.7 Å². The Bertz CT molecular complexity index is 706. The number of rotatable bonds is 6. The summed E-state index contributed by atoms with van der Waals surface area (Å²) in [5.41, 5.74) is 2.16. The average Bonchev–Trinajstić information content (AvgIpc) is 3.01. The lowest BCUT2D eigenvalue weighted by Gasteiger charge is -2.26. The van der Waals surface area contributed by atoms with Crippen molar-refractivity contribution in [1.29, 1.82) is 0 Å². The molecule has 144 valence electrons. The summed E-state index contributed by atoms with van der Waals surface area (Å²) in [7, 11) is -2.84. The lowest BCUT2D eigenvalue weighted by Crippen LogP contribution is -2.39. The van der Waals surface area contributed by atoms with E-state index in [1.54, 1.807) is 0 Å². The molecule has 0 spiro atoms. The van der Waals surface area contributed by atoms with Crippen molar-refractivity contribution in [3.8, 4) is 0 Å². The van der Waals surface area contributed by atoms with Crippen LogP contribution in [0.2, 0.25) is 0 Å². The average molecular weight is 381 g/mol. The van der Waals surface area contributed by atoms with Gasteiger partial charge in [0.25, 0.3) is 0 Å². The summed E-state index contributed by atoms with van der Waals surface area (Å²) in [5.74, 6) is 0.423. The van der Waals surface area contributed by atoms with Crippen LogP contribution in [0.15, 0.2) is 24.3 Å². The number of amides is 1. The third-order valence-corrected chi connectivity index (χ3v) is 6.72. The Morgan fingerprint density at radius 2 is 1.81 bits per heavy atom. The maximum atomic E-state index is 12.0. The van der Waals surface area contributed by atoms with Gasteiger partial charge in [0.1, 0.15) is 0 Å².